The van der Waals surface area contributed by atoms with Crippen LogP contribution in [0.4, 0.5) is 0 Å². The molecule has 0 spiro atoms. The van der Waals surface area contributed by atoms with Gasteiger partial charge in [0.25, 0.3) is 0 Å². The Balaban J connectivity index is 0. The summed E-state index contributed by atoms with van der Waals surface area (Å²) in [5.41, 5.74) is 0. The minimum Gasteiger partial charge on any atom is -0.463 e. The van der Waals surface area contributed by atoms with Gasteiger partial charge in [0.2, 0.25) is 0 Å². The molecule has 0 saturated carbocycles. The highest BCUT2D eigenvalue weighted by Crippen LogP contribution is 1.85. The third-order valence-electron chi connectivity index (χ3n) is 1.07. The molecule has 2 heteroatoms. The van der Waals surface area contributed by atoms with Gasteiger partial charge >= 0.3 is 5.97 Å². The molecule has 0 unspecified atom stereocenters. The Morgan fingerprint density at radius 3 is 1.36 bits per heavy atom. The van der Waals surface area contributed by atoms with Crippen LogP contribution in [0.25, 0.3) is 0 Å². The molecule has 0 aromatic heterocycles. The average Bonchev–Trinajstić information content (AvgIpc) is 2.06. The molecule has 0 bridgehead atoms. The Kier molecular flexibility index (Phi) is 10.6. The number of esters is 1. The van der Waals surface area contributed by atoms with Crippen molar-refractivity contribution in [2.24, 2.45) is 0 Å². The fraction of sp³-hybridized carbons (Fsp3) is 0.417. The van der Waals surface area contributed by atoms with Crippen LogP contribution in [0.3, 0.4) is 0 Å². The molecule has 1 rings (SSSR count). The quantitative estimate of drug-likeness (QED) is 0.644. The van der Waals surface area contributed by atoms with E-state index < -0.39 is 0 Å². The summed E-state index contributed by atoms with van der Waals surface area (Å²) in [6, 6.07) is 12.0. The average molecular weight is 196 g/mol. The summed E-state index contributed by atoms with van der Waals surface area (Å²) >= 11 is 0. The number of ether oxygens (including phenoxy) is 1. The second kappa shape index (κ2) is 9.78. The van der Waals surface area contributed by atoms with Gasteiger partial charge in [-0.3, -0.25) is 4.79 Å². The normalized spacial score (nSPS) is 8.00. The van der Waals surface area contributed by atoms with Gasteiger partial charge in [-0.1, -0.05) is 43.8 Å². The lowest BCUT2D eigenvalue weighted by atomic mass is 10.4. The zero-order valence-corrected chi connectivity index (χ0v) is 8.36. The first-order valence-corrected chi connectivity index (χ1v) is 4.30. The molecule has 1 aromatic rings. The van der Waals surface area contributed by atoms with E-state index in [1.165, 1.54) is 6.92 Å². The molecule has 14 heavy (non-hydrogen) atoms. The molecule has 0 aliphatic carbocycles. The van der Waals surface area contributed by atoms with Gasteiger partial charge in [0, 0.05) is 6.92 Å². The minimum atomic E-state index is -0.213. The van der Waals surface area contributed by atoms with Crippen LogP contribution in [0.2, 0.25) is 0 Å². The molecule has 0 radical (unpaired) electrons. The van der Waals surface area contributed by atoms with Crippen LogP contribution >= 0.6 is 0 Å². The van der Waals surface area contributed by atoms with E-state index in [-0.39, 0.29) is 19.5 Å². The second-order valence-corrected chi connectivity index (χ2v) is 2.81. The molecule has 0 saturated heterocycles. The fourth-order valence-electron chi connectivity index (χ4n) is 0.717. The van der Waals surface area contributed by atoms with Crippen LogP contribution in [0.15, 0.2) is 36.4 Å². The van der Waals surface area contributed by atoms with E-state index in [0.29, 0.717) is 0 Å². The SMILES string of the molecule is C.CC(=O)OC(C)C.c1ccccc1. The third-order valence-corrected chi connectivity index (χ3v) is 1.07. The van der Waals surface area contributed by atoms with E-state index in [4.69, 9.17) is 0 Å². The van der Waals surface area contributed by atoms with Crippen molar-refractivity contribution in [3.63, 3.8) is 0 Å². The molecule has 2 nitrogen and oxygen atoms in total. The maximum Gasteiger partial charge on any atom is 0.302 e. The number of carbonyl (C=O) groups excluding carboxylic acids is 1. The van der Waals surface area contributed by atoms with Gasteiger partial charge in [0.15, 0.2) is 0 Å². The number of hydrogen-bond donors (Lipinski definition) is 0. The van der Waals surface area contributed by atoms with Crippen molar-refractivity contribution in [2.45, 2.75) is 34.3 Å². The van der Waals surface area contributed by atoms with Gasteiger partial charge in [0.05, 0.1) is 6.10 Å². The van der Waals surface area contributed by atoms with Crippen LogP contribution in [0, 0.1) is 0 Å². The first-order valence-electron chi connectivity index (χ1n) is 4.30. The predicted molar refractivity (Wildman–Crippen MR) is 60.1 cm³/mol. The van der Waals surface area contributed by atoms with E-state index >= 15 is 0 Å². The van der Waals surface area contributed by atoms with Crippen molar-refractivity contribution in [3.8, 4) is 0 Å². The molecule has 1 aromatic carbocycles. The summed E-state index contributed by atoms with van der Waals surface area (Å²) in [6.45, 7) is 5.04. The zero-order valence-electron chi connectivity index (χ0n) is 8.36. The molecule has 0 fully saturated rings. The Morgan fingerprint density at radius 2 is 1.29 bits per heavy atom. The molecule has 0 amide bonds. The second-order valence-electron chi connectivity index (χ2n) is 2.81. The number of benzene rings is 1. The number of carbonyl (C=O) groups is 1. The van der Waals surface area contributed by atoms with Gasteiger partial charge in [0.1, 0.15) is 0 Å². The topological polar surface area (TPSA) is 26.3 Å². The fourth-order valence-corrected chi connectivity index (χ4v) is 0.717. The molecular formula is C12H20O2. The van der Waals surface area contributed by atoms with E-state index in [1.807, 2.05) is 50.2 Å². The molecular weight excluding hydrogens is 176 g/mol. The number of rotatable bonds is 1. The first-order chi connectivity index (χ1) is 6.13. The monoisotopic (exact) mass is 196 g/mol. The minimum absolute atomic E-state index is 0. The Morgan fingerprint density at radius 1 is 1.00 bits per heavy atom. The van der Waals surface area contributed by atoms with Gasteiger partial charge in [-0.15, -0.1) is 0 Å². The zero-order chi connectivity index (χ0) is 10.1. The standard InChI is InChI=1S/C6H6.C5H10O2.CH4/c1-2-4-6-5-3-1;1-4(2)7-5(3)6;/h1-6H;4H,1-3H3;1H4. The van der Waals surface area contributed by atoms with E-state index in [1.54, 1.807) is 0 Å². The van der Waals surface area contributed by atoms with Crippen molar-refractivity contribution in [3.05, 3.63) is 36.4 Å². The van der Waals surface area contributed by atoms with Crippen molar-refractivity contribution in [1.29, 1.82) is 0 Å². The maximum absolute atomic E-state index is 10.0. The highest BCUT2D eigenvalue weighted by molar-refractivity contribution is 5.66. The lowest BCUT2D eigenvalue weighted by Gasteiger charge is -2.01. The van der Waals surface area contributed by atoms with Gasteiger partial charge < -0.3 is 4.74 Å². The summed E-state index contributed by atoms with van der Waals surface area (Å²) in [6.07, 6.45) is 0.0255. The Hall–Kier alpha value is -1.31. The van der Waals surface area contributed by atoms with Crippen LogP contribution in [-0.4, -0.2) is 12.1 Å². The van der Waals surface area contributed by atoms with E-state index in [9.17, 15) is 4.79 Å². The highest BCUT2D eigenvalue weighted by Gasteiger charge is 1.93. The lowest BCUT2D eigenvalue weighted by molar-refractivity contribution is -0.144. The van der Waals surface area contributed by atoms with E-state index in [0.717, 1.165) is 0 Å². The van der Waals surface area contributed by atoms with Gasteiger partial charge in [-0.05, 0) is 13.8 Å². The summed E-state index contributed by atoms with van der Waals surface area (Å²) in [5.74, 6) is -0.213. The third kappa shape index (κ3) is 13.3. The molecule has 80 valence electrons. The molecule has 0 N–H and O–H groups in total. The van der Waals surface area contributed by atoms with Crippen LogP contribution < -0.4 is 0 Å². The molecule has 0 atom stereocenters. The molecule has 0 aliphatic heterocycles. The summed E-state index contributed by atoms with van der Waals surface area (Å²) in [7, 11) is 0. The lowest BCUT2D eigenvalue weighted by Crippen LogP contribution is -2.06. The highest BCUT2D eigenvalue weighted by atomic mass is 16.5. The first kappa shape index (κ1) is 15.2. The Labute approximate surface area is 86.9 Å². The maximum atomic E-state index is 10.0. The van der Waals surface area contributed by atoms with Crippen molar-refractivity contribution in [2.75, 3.05) is 0 Å². The van der Waals surface area contributed by atoms with Crippen molar-refractivity contribution < 1.29 is 9.53 Å². The van der Waals surface area contributed by atoms with Gasteiger partial charge in [-0.2, -0.15) is 0 Å². The van der Waals surface area contributed by atoms with Crippen LogP contribution in [0.1, 0.15) is 28.2 Å². The molecule has 0 heterocycles. The summed E-state index contributed by atoms with van der Waals surface area (Å²) < 4.78 is 4.61. The molecule has 0 aliphatic rings. The predicted octanol–water partition coefficient (Wildman–Crippen LogP) is 3.28. The van der Waals surface area contributed by atoms with Gasteiger partial charge in [-0.25, -0.2) is 0 Å². The van der Waals surface area contributed by atoms with Crippen molar-refractivity contribution >= 4 is 5.97 Å². The number of hydrogen-bond acceptors (Lipinski definition) is 2. The Bertz CT molecular complexity index is 190. The largest absolute Gasteiger partial charge is 0.463 e. The summed E-state index contributed by atoms with van der Waals surface area (Å²) in [5, 5.41) is 0. The van der Waals surface area contributed by atoms with Crippen molar-refractivity contribution in [1.82, 2.24) is 0 Å². The smallest absolute Gasteiger partial charge is 0.302 e. The van der Waals surface area contributed by atoms with E-state index in [2.05, 4.69) is 4.74 Å². The van der Waals surface area contributed by atoms with Crippen LogP contribution in [0.5, 0.6) is 0 Å². The van der Waals surface area contributed by atoms with Crippen LogP contribution in [-0.2, 0) is 9.53 Å². The summed E-state index contributed by atoms with van der Waals surface area (Å²) in [4.78, 5) is 10.0.